The Hall–Kier alpha value is -2.57. The summed E-state index contributed by atoms with van der Waals surface area (Å²) < 4.78 is 17.1. The van der Waals surface area contributed by atoms with Gasteiger partial charge in [0.15, 0.2) is 5.96 Å². The van der Waals surface area contributed by atoms with E-state index in [-0.39, 0.29) is 0 Å². The zero-order valence-electron chi connectivity index (χ0n) is 17.8. The van der Waals surface area contributed by atoms with E-state index in [2.05, 4.69) is 39.9 Å². The van der Waals surface area contributed by atoms with E-state index in [0.717, 1.165) is 56.3 Å². The molecule has 2 aromatic carbocycles. The molecule has 1 heterocycles. The number of nitrogens with one attached hydrogen (secondary N) is 2. The predicted molar refractivity (Wildman–Crippen MR) is 120 cm³/mol. The van der Waals surface area contributed by atoms with Crippen LogP contribution in [0.25, 0.3) is 0 Å². The normalized spacial score (nSPS) is 16.4. The molecular weight excluding hydrogens is 378 g/mol. The Morgan fingerprint density at radius 3 is 2.63 bits per heavy atom. The van der Waals surface area contributed by atoms with Gasteiger partial charge in [-0.3, -0.25) is 4.99 Å². The van der Waals surface area contributed by atoms with Gasteiger partial charge in [0, 0.05) is 33.4 Å². The summed E-state index contributed by atoms with van der Waals surface area (Å²) in [6, 6.07) is 18.3. The van der Waals surface area contributed by atoms with E-state index >= 15 is 0 Å². The molecule has 6 nitrogen and oxygen atoms in total. The smallest absolute Gasteiger partial charge is 0.191 e. The molecule has 0 amide bonds. The first-order valence-corrected chi connectivity index (χ1v) is 10.7. The number of nitrogens with zero attached hydrogens (tertiary/aromatic N) is 1. The molecular formula is C24H33N3O3. The van der Waals surface area contributed by atoms with Gasteiger partial charge < -0.3 is 24.8 Å². The van der Waals surface area contributed by atoms with Gasteiger partial charge in [-0.1, -0.05) is 42.5 Å². The molecule has 0 bridgehead atoms. The van der Waals surface area contributed by atoms with Gasteiger partial charge >= 0.3 is 0 Å². The Bertz CT molecular complexity index is 744. The average Bonchev–Trinajstić information content (AvgIpc) is 3.32. The van der Waals surface area contributed by atoms with Crippen LogP contribution in [-0.4, -0.2) is 45.5 Å². The minimum atomic E-state index is 0.294. The maximum Gasteiger partial charge on any atom is 0.191 e. The van der Waals surface area contributed by atoms with Crippen molar-refractivity contribution in [3.63, 3.8) is 0 Å². The molecule has 30 heavy (non-hydrogen) atoms. The van der Waals surface area contributed by atoms with E-state index in [1.54, 1.807) is 7.05 Å². The number of hydrogen-bond donors (Lipinski definition) is 2. The summed E-state index contributed by atoms with van der Waals surface area (Å²) in [5.74, 6) is 1.66. The second kappa shape index (κ2) is 12.9. The molecule has 1 fully saturated rings. The van der Waals surface area contributed by atoms with Crippen molar-refractivity contribution in [1.82, 2.24) is 10.6 Å². The molecule has 0 spiro atoms. The van der Waals surface area contributed by atoms with E-state index in [1.807, 2.05) is 30.3 Å². The second-order valence-corrected chi connectivity index (χ2v) is 7.33. The van der Waals surface area contributed by atoms with Gasteiger partial charge in [-0.25, -0.2) is 0 Å². The summed E-state index contributed by atoms with van der Waals surface area (Å²) >= 11 is 0. The molecule has 1 aliphatic heterocycles. The lowest BCUT2D eigenvalue weighted by atomic mass is 10.2. The van der Waals surface area contributed by atoms with Crippen LogP contribution in [0, 0.1) is 0 Å². The van der Waals surface area contributed by atoms with Crippen LogP contribution in [0.4, 0.5) is 0 Å². The monoisotopic (exact) mass is 411 g/mol. The molecule has 2 aromatic rings. The first kappa shape index (κ1) is 22.1. The van der Waals surface area contributed by atoms with E-state index in [4.69, 9.17) is 14.2 Å². The molecule has 1 atom stereocenters. The summed E-state index contributed by atoms with van der Waals surface area (Å²) in [7, 11) is 1.78. The quantitative estimate of drug-likeness (QED) is 0.337. The van der Waals surface area contributed by atoms with E-state index in [9.17, 15) is 0 Å². The average molecular weight is 412 g/mol. The Kier molecular flexibility index (Phi) is 9.50. The van der Waals surface area contributed by atoms with E-state index in [0.29, 0.717) is 25.9 Å². The molecule has 1 saturated heterocycles. The highest BCUT2D eigenvalue weighted by Crippen LogP contribution is 2.14. The SMILES string of the molecule is CN=C(NCCCOCC1CCCO1)NCc1ccc(OCc2ccccc2)cc1. The fourth-order valence-electron chi connectivity index (χ4n) is 3.22. The van der Waals surface area contributed by atoms with Crippen molar-refractivity contribution in [3.05, 3.63) is 65.7 Å². The van der Waals surface area contributed by atoms with Gasteiger partial charge in [-0.2, -0.15) is 0 Å². The lowest BCUT2D eigenvalue weighted by Gasteiger charge is -2.13. The van der Waals surface area contributed by atoms with Gasteiger partial charge in [0.05, 0.1) is 12.7 Å². The fraction of sp³-hybridized carbons (Fsp3) is 0.458. The molecule has 0 aliphatic carbocycles. The molecule has 6 heteroatoms. The fourth-order valence-corrected chi connectivity index (χ4v) is 3.22. The molecule has 0 saturated carbocycles. The zero-order valence-corrected chi connectivity index (χ0v) is 17.8. The Morgan fingerprint density at radius 1 is 1.07 bits per heavy atom. The van der Waals surface area contributed by atoms with Gasteiger partial charge in [0.25, 0.3) is 0 Å². The molecule has 1 unspecified atom stereocenters. The largest absolute Gasteiger partial charge is 0.489 e. The molecule has 1 aliphatic rings. The molecule has 162 valence electrons. The summed E-state index contributed by atoms with van der Waals surface area (Å²) in [4.78, 5) is 4.27. The summed E-state index contributed by atoms with van der Waals surface area (Å²) in [6.07, 6.45) is 3.50. The third kappa shape index (κ3) is 8.05. The zero-order chi connectivity index (χ0) is 20.9. The molecule has 2 N–H and O–H groups in total. The maximum atomic E-state index is 5.84. The number of benzene rings is 2. The highest BCUT2D eigenvalue weighted by Gasteiger charge is 2.14. The van der Waals surface area contributed by atoms with Crippen molar-refractivity contribution >= 4 is 5.96 Å². The van der Waals surface area contributed by atoms with Crippen LogP contribution in [0.2, 0.25) is 0 Å². The topological polar surface area (TPSA) is 64.1 Å². The highest BCUT2D eigenvalue weighted by atomic mass is 16.5. The van der Waals surface area contributed by atoms with Gasteiger partial charge in [-0.15, -0.1) is 0 Å². The summed E-state index contributed by atoms with van der Waals surface area (Å²) in [6.45, 7) is 4.41. The number of guanidine groups is 1. The minimum absolute atomic E-state index is 0.294. The first-order chi connectivity index (χ1) is 14.8. The number of hydrogen-bond acceptors (Lipinski definition) is 4. The van der Waals surface area contributed by atoms with Crippen LogP contribution in [-0.2, 0) is 22.6 Å². The molecule has 0 radical (unpaired) electrons. The van der Waals surface area contributed by atoms with Crippen molar-refractivity contribution in [3.8, 4) is 5.75 Å². The van der Waals surface area contributed by atoms with Gasteiger partial charge in [0.1, 0.15) is 12.4 Å². The lowest BCUT2D eigenvalue weighted by Crippen LogP contribution is -2.37. The predicted octanol–water partition coefficient (Wildman–Crippen LogP) is 3.52. The Labute approximate surface area is 179 Å². The standard InChI is InChI=1S/C24H33N3O3/c1-25-24(26-14-6-15-28-19-23-9-5-16-29-23)27-17-20-10-12-22(13-11-20)30-18-21-7-3-2-4-8-21/h2-4,7-8,10-13,23H,5-6,9,14-19H2,1H3,(H2,25,26,27). The Morgan fingerprint density at radius 2 is 1.90 bits per heavy atom. The summed E-state index contributed by atoms with van der Waals surface area (Å²) in [5, 5.41) is 6.66. The van der Waals surface area contributed by atoms with Crippen molar-refractivity contribution < 1.29 is 14.2 Å². The summed E-state index contributed by atoms with van der Waals surface area (Å²) in [5.41, 5.74) is 2.33. The van der Waals surface area contributed by atoms with E-state index in [1.165, 1.54) is 5.56 Å². The lowest BCUT2D eigenvalue weighted by molar-refractivity contribution is 0.0168. The van der Waals surface area contributed by atoms with E-state index < -0.39 is 0 Å². The van der Waals surface area contributed by atoms with Crippen LogP contribution < -0.4 is 15.4 Å². The van der Waals surface area contributed by atoms with Crippen LogP contribution >= 0.6 is 0 Å². The highest BCUT2D eigenvalue weighted by molar-refractivity contribution is 5.79. The second-order valence-electron chi connectivity index (χ2n) is 7.33. The number of rotatable bonds is 11. The van der Waals surface area contributed by atoms with Gasteiger partial charge in [0.2, 0.25) is 0 Å². The third-order valence-corrected chi connectivity index (χ3v) is 4.94. The Balaban J connectivity index is 1.28. The number of aliphatic imine (C=N–C) groups is 1. The van der Waals surface area contributed by atoms with Crippen molar-refractivity contribution in [2.75, 3.05) is 33.4 Å². The van der Waals surface area contributed by atoms with Gasteiger partial charge in [-0.05, 0) is 42.5 Å². The molecule has 3 rings (SSSR count). The van der Waals surface area contributed by atoms with Crippen LogP contribution in [0.5, 0.6) is 5.75 Å². The third-order valence-electron chi connectivity index (χ3n) is 4.94. The number of ether oxygens (including phenoxy) is 3. The van der Waals surface area contributed by atoms with Crippen molar-refractivity contribution in [2.24, 2.45) is 4.99 Å². The maximum absolute atomic E-state index is 5.84. The minimum Gasteiger partial charge on any atom is -0.489 e. The van der Waals surface area contributed by atoms with Crippen LogP contribution in [0.3, 0.4) is 0 Å². The van der Waals surface area contributed by atoms with Crippen LogP contribution in [0.15, 0.2) is 59.6 Å². The first-order valence-electron chi connectivity index (χ1n) is 10.7. The van der Waals surface area contributed by atoms with Crippen molar-refractivity contribution in [1.29, 1.82) is 0 Å². The van der Waals surface area contributed by atoms with Crippen molar-refractivity contribution in [2.45, 2.75) is 38.5 Å². The van der Waals surface area contributed by atoms with Crippen LogP contribution in [0.1, 0.15) is 30.4 Å². The molecule has 0 aromatic heterocycles.